The molecular weight excluding hydrogens is 325 g/mol. The summed E-state index contributed by atoms with van der Waals surface area (Å²) in [7, 11) is 0.992. The molecule has 0 aliphatic heterocycles. The highest BCUT2D eigenvalue weighted by Gasteiger charge is 2.35. The normalized spacial score (nSPS) is 11.6. The van der Waals surface area contributed by atoms with Crippen LogP contribution < -0.4 is 4.74 Å². The van der Waals surface area contributed by atoms with Gasteiger partial charge in [0.05, 0.1) is 36.4 Å². The van der Waals surface area contributed by atoms with E-state index in [0.29, 0.717) is 6.07 Å². The van der Waals surface area contributed by atoms with E-state index < -0.39 is 42.2 Å². The van der Waals surface area contributed by atoms with Gasteiger partial charge in [-0.25, -0.2) is 8.78 Å². The highest BCUT2D eigenvalue weighted by molar-refractivity contribution is 6.16. The van der Waals surface area contributed by atoms with Crippen molar-refractivity contribution in [2.45, 2.75) is 25.1 Å². The monoisotopic (exact) mass is 333 g/mol. The Labute approximate surface area is 120 Å². The SMILES string of the molecule is COC(=O)Cc1nc(CCl)cc(C(F)F)c1OC(F)(F)F. The van der Waals surface area contributed by atoms with Gasteiger partial charge in [-0.2, -0.15) is 0 Å². The first-order valence-electron chi connectivity index (χ1n) is 5.37. The Balaban J connectivity index is 3.40. The number of rotatable bonds is 5. The summed E-state index contributed by atoms with van der Waals surface area (Å²) in [6, 6.07) is 0.694. The number of carbonyl (C=O) groups excluding carboxylic acids is 1. The maximum Gasteiger partial charge on any atom is 0.573 e. The lowest BCUT2D eigenvalue weighted by Crippen LogP contribution is -2.21. The van der Waals surface area contributed by atoms with Gasteiger partial charge in [-0.3, -0.25) is 9.78 Å². The molecule has 0 N–H and O–H groups in total. The van der Waals surface area contributed by atoms with Gasteiger partial charge in [0.15, 0.2) is 5.75 Å². The van der Waals surface area contributed by atoms with Gasteiger partial charge in [-0.05, 0) is 6.07 Å². The number of hydrogen-bond donors (Lipinski definition) is 0. The fourth-order valence-corrected chi connectivity index (χ4v) is 1.60. The minimum absolute atomic E-state index is 0.111. The van der Waals surface area contributed by atoms with Crippen LogP contribution in [-0.4, -0.2) is 24.4 Å². The lowest BCUT2D eigenvalue weighted by atomic mass is 10.1. The molecule has 0 bridgehead atoms. The van der Waals surface area contributed by atoms with Crippen LogP contribution in [-0.2, 0) is 21.8 Å². The van der Waals surface area contributed by atoms with E-state index in [9.17, 15) is 26.7 Å². The topological polar surface area (TPSA) is 48.4 Å². The highest BCUT2D eigenvalue weighted by Crippen LogP contribution is 2.36. The molecule has 0 fully saturated rings. The summed E-state index contributed by atoms with van der Waals surface area (Å²) in [4.78, 5) is 14.8. The van der Waals surface area contributed by atoms with E-state index in [-0.39, 0.29) is 11.6 Å². The van der Waals surface area contributed by atoms with Gasteiger partial charge in [0.25, 0.3) is 6.43 Å². The van der Waals surface area contributed by atoms with Crippen LogP contribution >= 0.6 is 11.6 Å². The summed E-state index contributed by atoms with van der Waals surface area (Å²) < 4.78 is 70.6. The van der Waals surface area contributed by atoms with Crippen LogP contribution in [0.25, 0.3) is 0 Å². The zero-order valence-electron chi connectivity index (χ0n) is 10.5. The molecule has 1 rings (SSSR count). The van der Waals surface area contributed by atoms with Crippen molar-refractivity contribution >= 4 is 17.6 Å². The number of hydrogen-bond acceptors (Lipinski definition) is 4. The van der Waals surface area contributed by atoms with Crippen LogP contribution in [0.15, 0.2) is 6.07 Å². The first-order valence-corrected chi connectivity index (χ1v) is 5.90. The number of nitrogens with zero attached hydrogens (tertiary/aromatic N) is 1. The van der Waals surface area contributed by atoms with Crippen LogP contribution in [0.4, 0.5) is 22.0 Å². The molecule has 4 nitrogen and oxygen atoms in total. The van der Waals surface area contributed by atoms with Crippen molar-refractivity contribution in [3.63, 3.8) is 0 Å². The number of halogens is 6. The van der Waals surface area contributed by atoms with Crippen molar-refractivity contribution < 1.29 is 36.2 Å². The first kappa shape index (κ1) is 17.4. The molecule has 10 heteroatoms. The molecule has 0 unspecified atom stereocenters. The van der Waals surface area contributed by atoms with Crippen molar-refractivity contribution in [1.82, 2.24) is 4.98 Å². The van der Waals surface area contributed by atoms with E-state index in [1.54, 1.807) is 0 Å². The van der Waals surface area contributed by atoms with Gasteiger partial charge in [-0.15, -0.1) is 24.8 Å². The lowest BCUT2D eigenvalue weighted by molar-refractivity contribution is -0.275. The fraction of sp³-hybridized carbons (Fsp3) is 0.455. The number of aromatic nitrogens is 1. The minimum atomic E-state index is -5.21. The van der Waals surface area contributed by atoms with Gasteiger partial charge >= 0.3 is 12.3 Å². The summed E-state index contributed by atoms with van der Waals surface area (Å²) in [5.41, 5.74) is -1.77. The molecule has 0 aromatic carbocycles. The number of alkyl halides is 6. The molecule has 0 saturated carbocycles. The van der Waals surface area contributed by atoms with Crippen LogP contribution in [0.3, 0.4) is 0 Å². The third-order valence-corrected chi connectivity index (χ3v) is 2.53. The standard InChI is InChI=1S/C11H9ClF5NO3/c1-20-8(19)3-7-9(21-11(15,16)17)6(10(13)14)2-5(4-12)18-7/h2,10H,3-4H2,1H3. The van der Waals surface area contributed by atoms with Crippen LogP contribution in [0.1, 0.15) is 23.4 Å². The predicted octanol–water partition coefficient (Wildman–Crippen LogP) is 3.37. The number of methoxy groups -OCH3 is 1. The molecule has 0 saturated heterocycles. The largest absolute Gasteiger partial charge is 0.573 e. The molecule has 1 heterocycles. The predicted molar refractivity (Wildman–Crippen MR) is 61.2 cm³/mol. The molecule has 21 heavy (non-hydrogen) atoms. The second-order valence-electron chi connectivity index (χ2n) is 3.71. The maximum atomic E-state index is 12.9. The Morgan fingerprint density at radius 2 is 2.05 bits per heavy atom. The molecule has 118 valence electrons. The average Bonchev–Trinajstić information content (AvgIpc) is 2.38. The first-order chi connectivity index (χ1) is 9.67. The summed E-state index contributed by atoms with van der Waals surface area (Å²) in [6.45, 7) is 0. The number of carbonyl (C=O) groups is 1. The molecule has 0 amide bonds. The van der Waals surface area contributed by atoms with Gasteiger partial charge in [-0.1, -0.05) is 0 Å². The lowest BCUT2D eigenvalue weighted by Gasteiger charge is -2.17. The van der Waals surface area contributed by atoms with Gasteiger partial charge in [0.2, 0.25) is 0 Å². The molecule has 0 atom stereocenters. The summed E-state index contributed by atoms with van der Waals surface area (Å²) in [6.07, 6.45) is -9.23. The number of esters is 1. The Morgan fingerprint density at radius 3 is 2.48 bits per heavy atom. The van der Waals surface area contributed by atoms with Crippen molar-refractivity contribution in [2.24, 2.45) is 0 Å². The molecule has 1 aromatic heterocycles. The van der Waals surface area contributed by atoms with Gasteiger partial charge in [0.1, 0.15) is 0 Å². The molecule has 0 spiro atoms. The zero-order chi connectivity index (χ0) is 16.2. The van der Waals surface area contributed by atoms with Crippen LogP contribution in [0.5, 0.6) is 5.75 Å². The second kappa shape index (κ2) is 6.88. The van der Waals surface area contributed by atoms with Gasteiger partial charge < -0.3 is 9.47 Å². The minimum Gasteiger partial charge on any atom is -0.469 e. The van der Waals surface area contributed by atoms with Crippen molar-refractivity contribution in [3.05, 3.63) is 23.0 Å². The van der Waals surface area contributed by atoms with E-state index in [1.165, 1.54) is 0 Å². The van der Waals surface area contributed by atoms with Gasteiger partial charge in [0, 0.05) is 0 Å². The van der Waals surface area contributed by atoms with Crippen molar-refractivity contribution in [1.29, 1.82) is 0 Å². The van der Waals surface area contributed by atoms with Crippen LogP contribution in [0, 0.1) is 0 Å². The Kier molecular flexibility index (Phi) is 5.70. The number of ether oxygens (including phenoxy) is 2. The van der Waals surface area contributed by atoms with E-state index >= 15 is 0 Å². The van der Waals surface area contributed by atoms with E-state index in [2.05, 4.69) is 14.5 Å². The van der Waals surface area contributed by atoms with E-state index in [1.807, 2.05) is 0 Å². The Morgan fingerprint density at radius 1 is 1.43 bits per heavy atom. The average molecular weight is 334 g/mol. The molecule has 0 aliphatic carbocycles. The third kappa shape index (κ3) is 5.00. The summed E-state index contributed by atoms with van der Waals surface area (Å²) >= 11 is 5.44. The molecule has 0 radical (unpaired) electrons. The zero-order valence-corrected chi connectivity index (χ0v) is 11.3. The fourth-order valence-electron chi connectivity index (χ4n) is 1.46. The molecule has 0 aliphatic rings. The highest BCUT2D eigenvalue weighted by atomic mass is 35.5. The second-order valence-corrected chi connectivity index (χ2v) is 3.98. The summed E-state index contributed by atoms with van der Waals surface area (Å²) in [5.74, 6) is -2.49. The van der Waals surface area contributed by atoms with Crippen molar-refractivity contribution in [3.8, 4) is 5.75 Å². The number of pyridine rings is 1. The maximum absolute atomic E-state index is 12.9. The smallest absolute Gasteiger partial charge is 0.469 e. The Bertz CT molecular complexity index is 521. The molecule has 1 aromatic rings. The van der Waals surface area contributed by atoms with Crippen molar-refractivity contribution in [2.75, 3.05) is 7.11 Å². The Hall–Kier alpha value is -1.64. The van der Waals surface area contributed by atoms with E-state index in [4.69, 9.17) is 11.6 Å². The van der Waals surface area contributed by atoms with Crippen LogP contribution in [0.2, 0.25) is 0 Å². The van der Waals surface area contributed by atoms with E-state index in [0.717, 1.165) is 7.11 Å². The third-order valence-electron chi connectivity index (χ3n) is 2.25. The summed E-state index contributed by atoms with van der Waals surface area (Å²) in [5, 5.41) is 0. The quantitative estimate of drug-likeness (QED) is 0.471. The molecular formula is C11H9ClF5NO3.